The van der Waals surface area contributed by atoms with Gasteiger partial charge in [0.05, 0.1) is 11.4 Å². The molecule has 6 nitrogen and oxygen atoms in total. The molecule has 0 aliphatic heterocycles. The predicted octanol–water partition coefficient (Wildman–Crippen LogP) is 5.15. The third-order valence-corrected chi connectivity index (χ3v) is 5.50. The van der Waals surface area contributed by atoms with Gasteiger partial charge in [-0.15, -0.1) is 0 Å². The molecule has 0 aromatic heterocycles. The van der Waals surface area contributed by atoms with Crippen molar-refractivity contribution in [3.8, 4) is 11.5 Å². The first-order valence-corrected chi connectivity index (χ1v) is 10.8. The van der Waals surface area contributed by atoms with Gasteiger partial charge in [-0.05, 0) is 61.5 Å². The smallest absolute Gasteiger partial charge is 0.255 e. The molecule has 0 aliphatic carbocycles. The zero-order chi connectivity index (χ0) is 20.9. The van der Waals surface area contributed by atoms with Crippen LogP contribution in [0.3, 0.4) is 0 Å². The van der Waals surface area contributed by atoms with E-state index >= 15 is 0 Å². The molecule has 0 aliphatic rings. The topological polar surface area (TPSA) is 84.5 Å². The third-order valence-electron chi connectivity index (χ3n) is 3.96. The number of rotatable bonds is 7. The Morgan fingerprint density at radius 2 is 1.69 bits per heavy atom. The zero-order valence-electron chi connectivity index (χ0n) is 15.6. The van der Waals surface area contributed by atoms with E-state index in [9.17, 15) is 13.2 Å². The van der Waals surface area contributed by atoms with Gasteiger partial charge in [0.1, 0.15) is 5.75 Å². The van der Waals surface area contributed by atoms with Gasteiger partial charge in [0, 0.05) is 16.3 Å². The summed E-state index contributed by atoms with van der Waals surface area (Å²) in [6.07, 6.45) is 0. The molecule has 3 aromatic carbocycles. The first-order valence-electron chi connectivity index (χ1n) is 8.80. The Morgan fingerprint density at radius 1 is 1.00 bits per heavy atom. The number of hydrogen-bond acceptors (Lipinski definition) is 4. The predicted molar refractivity (Wildman–Crippen MR) is 115 cm³/mol. The maximum absolute atomic E-state index is 12.6. The van der Waals surface area contributed by atoms with Gasteiger partial charge in [0.25, 0.3) is 5.91 Å². The molecule has 0 unspecified atom stereocenters. The fraction of sp³-hybridized carbons (Fsp3) is 0.0952. The van der Waals surface area contributed by atoms with Crippen LogP contribution in [0.5, 0.6) is 11.5 Å². The quantitative estimate of drug-likeness (QED) is 0.543. The van der Waals surface area contributed by atoms with E-state index in [0.717, 1.165) is 0 Å². The Morgan fingerprint density at radius 3 is 2.34 bits per heavy atom. The molecule has 29 heavy (non-hydrogen) atoms. The van der Waals surface area contributed by atoms with Gasteiger partial charge in [-0.3, -0.25) is 9.52 Å². The minimum absolute atomic E-state index is 0.0335. The molecule has 0 heterocycles. The minimum Gasteiger partial charge on any atom is -0.455 e. The Labute approximate surface area is 174 Å². The van der Waals surface area contributed by atoms with Gasteiger partial charge < -0.3 is 10.1 Å². The van der Waals surface area contributed by atoms with Crippen LogP contribution in [0.2, 0.25) is 5.02 Å². The fourth-order valence-corrected chi connectivity index (χ4v) is 3.25. The van der Waals surface area contributed by atoms with Crippen LogP contribution >= 0.6 is 11.6 Å². The number of carbonyl (C=O) groups excluding carboxylic acids is 1. The number of nitrogens with one attached hydrogen (secondary N) is 2. The van der Waals surface area contributed by atoms with Gasteiger partial charge in [0.15, 0.2) is 5.75 Å². The molecule has 3 rings (SSSR count). The fourth-order valence-electron chi connectivity index (χ4n) is 2.44. The van der Waals surface area contributed by atoms with Gasteiger partial charge in [-0.25, -0.2) is 8.42 Å². The standard InChI is InChI=1S/C21H19ClN2O4S/c1-2-29(26,27)24-17-11-8-15(9-12-17)21(25)23-19-14-16(22)10-13-20(19)28-18-6-4-3-5-7-18/h3-14,24H,2H2,1H3,(H,23,25). The molecule has 0 saturated heterocycles. The van der Waals surface area contributed by atoms with E-state index in [1.165, 1.54) is 24.3 Å². The summed E-state index contributed by atoms with van der Waals surface area (Å²) in [7, 11) is -3.38. The molecule has 0 atom stereocenters. The largest absolute Gasteiger partial charge is 0.455 e. The summed E-state index contributed by atoms with van der Waals surface area (Å²) in [6, 6.07) is 20.2. The molecular weight excluding hydrogens is 412 g/mol. The first-order chi connectivity index (χ1) is 13.9. The number of halogens is 1. The second-order valence-corrected chi connectivity index (χ2v) is 8.54. The third kappa shape index (κ3) is 5.73. The Kier molecular flexibility index (Phi) is 6.41. The van der Waals surface area contributed by atoms with Crippen LogP contribution < -0.4 is 14.8 Å². The summed E-state index contributed by atoms with van der Waals surface area (Å²) >= 11 is 6.07. The van der Waals surface area contributed by atoms with Crippen LogP contribution in [0.25, 0.3) is 0 Å². The molecular formula is C21H19ClN2O4S. The number of para-hydroxylation sites is 1. The van der Waals surface area contributed by atoms with Gasteiger partial charge in [0.2, 0.25) is 10.0 Å². The van der Waals surface area contributed by atoms with E-state index in [2.05, 4.69) is 10.0 Å². The molecule has 0 fully saturated rings. The molecule has 150 valence electrons. The molecule has 0 bridgehead atoms. The van der Waals surface area contributed by atoms with Crippen molar-refractivity contribution in [2.75, 3.05) is 15.8 Å². The Bertz CT molecular complexity index is 1100. The van der Waals surface area contributed by atoms with Crippen molar-refractivity contribution in [3.05, 3.63) is 83.4 Å². The van der Waals surface area contributed by atoms with Crippen LogP contribution in [0.15, 0.2) is 72.8 Å². The summed E-state index contributed by atoms with van der Waals surface area (Å²) in [4.78, 5) is 12.6. The highest BCUT2D eigenvalue weighted by Gasteiger charge is 2.13. The van der Waals surface area contributed by atoms with Gasteiger partial charge in [-0.2, -0.15) is 0 Å². The Balaban J connectivity index is 1.77. The average Bonchev–Trinajstić information content (AvgIpc) is 2.71. The van der Waals surface area contributed by atoms with Crippen LogP contribution in [-0.4, -0.2) is 20.1 Å². The first kappa shape index (κ1) is 20.7. The maximum atomic E-state index is 12.6. The van der Waals surface area contributed by atoms with E-state index in [4.69, 9.17) is 16.3 Å². The van der Waals surface area contributed by atoms with Crippen molar-refractivity contribution >= 4 is 38.9 Å². The average molecular weight is 431 g/mol. The second kappa shape index (κ2) is 8.98. The minimum atomic E-state index is -3.38. The highest BCUT2D eigenvalue weighted by Crippen LogP contribution is 2.32. The number of hydrogen-bond donors (Lipinski definition) is 2. The maximum Gasteiger partial charge on any atom is 0.255 e. The number of sulfonamides is 1. The highest BCUT2D eigenvalue weighted by atomic mass is 35.5. The van der Waals surface area contributed by atoms with E-state index in [1.807, 2.05) is 18.2 Å². The van der Waals surface area contributed by atoms with Gasteiger partial charge >= 0.3 is 0 Å². The molecule has 1 amide bonds. The highest BCUT2D eigenvalue weighted by molar-refractivity contribution is 7.92. The number of anilines is 2. The summed E-state index contributed by atoms with van der Waals surface area (Å²) < 4.78 is 31.5. The van der Waals surface area contributed by atoms with Gasteiger partial charge in [-0.1, -0.05) is 29.8 Å². The second-order valence-electron chi connectivity index (χ2n) is 6.09. The van der Waals surface area contributed by atoms with Crippen molar-refractivity contribution in [1.82, 2.24) is 0 Å². The summed E-state index contributed by atoms with van der Waals surface area (Å²) in [5, 5.41) is 3.23. The zero-order valence-corrected chi connectivity index (χ0v) is 17.1. The van der Waals surface area contributed by atoms with E-state index in [1.54, 1.807) is 37.3 Å². The van der Waals surface area contributed by atoms with E-state index in [0.29, 0.717) is 33.5 Å². The molecule has 0 saturated carbocycles. The summed E-state index contributed by atoms with van der Waals surface area (Å²) in [6.45, 7) is 1.55. The Hall–Kier alpha value is -3.03. The van der Waals surface area contributed by atoms with Crippen molar-refractivity contribution in [2.45, 2.75) is 6.92 Å². The van der Waals surface area contributed by atoms with Crippen LogP contribution in [0, 0.1) is 0 Å². The molecule has 3 aromatic rings. The number of benzene rings is 3. The number of carbonyl (C=O) groups is 1. The van der Waals surface area contributed by atoms with E-state index < -0.39 is 10.0 Å². The lowest BCUT2D eigenvalue weighted by molar-refractivity contribution is 0.102. The lowest BCUT2D eigenvalue weighted by Gasteiger charge is -2.13. The normalized spacial score (nSPS) is 11.0. The molecule has 8 heteroatoms. The van der Waals surface area contributed by atoms with Crippen molar-refractivity contribution in [3.63, 3.8) is 0 Å². The molecule has 2 N–H and O–H groups in total. The van der Waals surface area contributed by atoms with Crippen LogP contribution in [0.4, 0.5) is 11.4 Å². The van der Waals surface area contributed by atoms with Crippen molar-refractivity contribution < 1.29 is 17.9 Å². The number of ether oxygens (including phenoxy) is 1. The van der Waals surface area contributed by atoms with Crippen LogP contribution in [0.1, 0.15) is 17.3 Å². The van der Waals surface area contributed by atoms with Crippen molar-refractivity contribution in [1.29, 1.82) is 0 Å². The molecule has 0 spiro atoms. The SMILES string of the molecule is CCS(=O)(=O)Nc1ccc(C(=O)Nc2cc(Cl)ccc2Oc2ccccc2)cc1. The lowest BCUT2D eigenvalue weighted by Crippen LogP contribution is -2.15. The summed E-state index contributed by atoms with van der Waals surface area (Å²) in [5.41, 5.74) is 1.16. The van der Waals surface area contributed by atoms with Crippen molar-refractivity contribution in [2.24, 2.45) is 0 Å². The lowest BCUT2D eigenvalue weighted by atomic mass is 10.2. The monoisotopic (exact) mass is 430 g/mol. The summed E-state index contributed by atoms with van der Waals surface area (Å²) in [5.74, 6) is 0.656. The number of amides is 1. The van der Waals surface area contributed by atoms with E-state index in [-0.39, 0.29) is 11.7 Å². The van der Waals surface area contributed by atoms with Crippen LogP contribution in [-0.2, 0) is 10.0 Å². The molecule has 0 radical (unpaired) electrons.